The second-order valence-electron chi connectivity index (χ2n) is 5.95. The van der Waals surface area contributed by atoms with Crippen LogP contribution in [0.25, 0.3) is 22.7 Å². The number of alkyl halides is 3. The maximum Gasteiger partial charge on any atom is 0.446 e. The van der Waals surface area contributed by atoms with Crippen LogP contribution in [0.1, 0.15) is 19.5 Å². The standard InChI is InChI=1S/C18H17F3N4O3S2/c1-3-22-23-10-11-5-8-15(30(26,27)4-2)16(24-11)17-25-13-9-12(29-18(19,20)21)6-7-14(13)28-17/h5-10,22H,3-4H2,1-2H3/b23-10+. The van der Waals surface area contributed by atoms with Crippen LogP contribution in [-0.2, 0) is 9.84 Å². The first-order valence-corrected chi connectivity index (χ1v) is 11.3. The summed E-state index contributed by atoms with van der Waals surface area (Å²) in [6, 6.07) is 6.71. The quantitative estimate of drug-likeness (QED) is 0.321. The smallest absolute Gasteiger partial charge is 0.435 e. The van der Waals surface area contributed by atoms with E-state index >= 15 is 0 Å². The van der Waals surface area contributed by atoms with Gasteiger partial charge < -0.3 is 9.84 Å². The molecule has 12 heteroatoms. The van der Waals surface area contributed by atoms with Gasteiger partial charge >= 0.3 is 5.51 Å². The van der Waals surface area contributed by atoms with Crippen LogP contribution in [0.5, 0.6) is 0 Å². The first-order chi connectivity index (χ1) is 14.1. The summed E-state index contributed by atoms with van der Waals surface area (Å²) in [6.45, 7) is 3.94. The van der Waals surface area contributed by atoms with E-state index in [2.05, 4.69) is 20.5 Å². The highest BCUT2D eigenvalue weighted by molar-refractivity contribution is 8.00. The number of pyridine rings is 1. The van der Waals surface area contributed by atoms with E-state index in [1.165, 1.54) is 43.5 Å². The van der Waals surface area contributed by atoms with E-state index in [1.54, 1.807) is 0 Å². The van der Waals surface area contributed by atoms with Gasteiger partial charge in [0.15, 0.2) is 15.4 Å². The summed E-state index contributed by atoms with van der Waals surface area (Å²) in [7, 11) is -3.66. The molecule has 0 aliphatic carbocycles. The highest BCUT2D eigenvalue weighted by Gasteiger charge is 2.29. The van der Waals surface area contributed by atoms with Crippen molar-refractivity contribution in [2.45, 2.75) is 29.1 Å². The largest absolute Gasteiger partial charge is 0.446 e. The average molecular weight is 458 g/mol. The van der Waals surface area contributed by atoms with Crippen molar-refractivity contribution in [3.05, 3.63) is 36.0 Å². The molecule has 0 radical (unpaired) electrons. The summed E-state index contributed by atoms with van der Waals surface area (Å²) in [5.74, 6) is -0.274. The molecule has 0 atom stereocenters. The second kappa shape index (κ2) is 8.64. The Hall–Kier alpha value is -2.60. The number of nitrogens with one attached hydrogen (secondary N) is 1. The monoisotopic (exact) mass is 458 g/mol. The van der Waals surface area contributed by atoms with Gasteiger partial charge in [-0.25, -0.2) is 18.4 Å². The zero-order valence-corrected chi connectivity index (χ0v) is 17.5. The molecule has 0 aliphatic heterocycles. The van der Waals surface area contributed by atoms with Crippen LogP contribution in [0.3, 0.4) is 0 Å². The van der Waals surface area contributed by atoms with E-state index in [9.17, 15) is 21.6 Å². The van der Waals surface area contributed by atoms with Crippen molar-refractivity contribution in [1.82, 2.24) is 15.4 Å². The average Bonchev–Trinajstić information content (AvgIpc) is 3.10. The Bertz CT molecular complexity index is 1190. The third-order valence-electron chi connectivity index (χ3n) is 3.84. The van der Waals surface area contributed by atoms with Gasteiger partial charge in [0.2, 0.25) is 5.89 Å². The lowest BCUT2D eigenvalue weighted by atomic mass is 10.3. The van der Waals surface area contributed by atoms with Gasteiger partial charge in [-0.15, -0.1) is 0 Å². The Morgan fingerprint density at radius 3 is 2.63 bits per heavy atom. The molecule has 0 spiro atoms. The van der Waals surface area contributed by atoms with E-state index in [-0.39, 0.29) is 50.0 Å². The summed E-state index contributed by atoms with van der Waals surface area (Å²) in [6.07, 6.45) is 1.41. The Morgan fingerprint density at radius 2 is 1.97 bits per heavy atom. The fraction of sp³-hybridized carbons (Fsp3) is 0.278. The number of hydrogen-bond donors (Lipinski definition) is 1. The molecule has 3 rings (SSSR count). The van der Waals surface area contributed by atoms with Gasteiger partial charge in [0.25, 0.3) is 0 Å². The van der Waals surface area contributed by atoms with Crippen LogP contribution in [0.2, 0.25) is 0 Å². The molecule has 0 saturated heterocycles. The SMILES string of the molecule is CCN/N=C/c1ccc(S(=O)(=O)CC)c(-c2nc3cc(SC(F)(F)F)ccc3o2)n1. The Balaban J connectivity index is 2.11. The molecular weight excluding hydrogens is 441 g/mol. The maximum absolute atomic E-state index is 12.6. The van der Waals surface area contributed by atoms with Crippen LogP contribution >= 0.6 is 11.8 Å². The molecule has 3 aromatic rings. The van der Waals surface area contributed by atoms with Crippen molar-refractivity contribution in [3.8, 4) is 11.6 Å². The van der Waals surface area contributed by atoms with Crippen molar-refractivity contribution in [2.75, 3.05) is 12.3 Å². The number of halogens is 3. The van der Waals surface area contributed by atoms with Gasteiger partial charge in [-0.3, -0.25) is 0 Å². The van der Waals surface area contributed by atoms with Crippen LogP contribution in [-0.4, -0.2) is 42.4 Å². The molecule has 0 amide bonds. The molecular formula is C18H17F3N4O3S2. The Kier molecular flexibility index (Phi) is 6.36. The summed E-state index contributed by atoms with van der Waals surface area (Å²) >= 11 is -0.272. The minimum atomic E-state index is -4.44. The number of aromatic nitrogens is 2. The normalized spacial score (nSPS) is 12.7. The Labute approximate surface area is 174 Å². The molecule has 0 aliphatic rings. The maximum atomic E-state index is 12.6. The van der Waals surface area contributed by atoms with Gasteiger partial charge in [-0.1, -0.05) is 6.92 Å². The number of sulfone groups is 1. The fourth-order valence-corrected chi connectivity index (χ4v) is 4.09. The number of hydrogen-bond acceptors (Lipinski definition) is 8. The van der Waals surface area contributed by atoms with Crippen LogP contribution in [0.15, 0.2) is 49.6 Å². The third-order valence-corrected chi connectivity index (χ3v) is 6.32. The van der Waals surface area contributed by atoms with Crippen molar-refractivity contribution >= 4 is 38.9 Å². The number of hydrazone groups is 1. The van der Waals surface area contributed by atoms with Crippen molar-refractivity contribution in [1.29, 1.82) is 0 Å². The summed E-state index contributed by atoms with van der Waals surface area (Å²) < 4.78 is 68.5. The lowest BCUT2D eigenvalue weighted by Crippen LogP contribution is -2.09. The van der Waals surface area contributed by atoms with Gasteiger partial charge in [-0.05, 0) is 49.0 Å². The number of oxazole rings is 1. The lowest BCUT2D eigenvalue weighted by Gasteiger charge is -2.06. The van der Waals surface area contributed by atoms with Gasteiger partial charge in [0.1, 0.15) is 11.2 Å². The van der Waals surface area contributed by atoms with E-state index in [4.69, 9.17) is 4.42 Å². The van der Waals surface area contributed by atoms with Crippen molar-refractivity contribution < 1.29 is 26.0 Å². The molecule has 0 bridgehead atoms. The minimum absolute atomic E-state index is 0.0291. The van der Waals surface area contributed by atoms with Crippen LogP contribution < -0.4 is 5.43 Å². The lowest BCUT2D eigenvalue weighted by molar-refractivity contribution is -0.0328. The van der Waals surface area contributed by atoms with Crippen molar-refractivity contribution in [3.63, 3.8) is 0 Å². The molecule has 1 aromatic carbocycles. The summed E-state index contributed by atoms with van der Waals surface area (Å²) in [5, 5.41) is 3.95. The van der Waals surface area contributed by atoms with E-state index < -0.39 is 15.3 Å². The highest BCUT2D eigenvalue weighted by Crippen LogP contribution is 2.38. The summed E-state index contributed by atoms with van der Waals surface area (Å²) in [5.41, 5.74) is -1.00. The number of fused-ring (bicyclic) bond motifs is 1. The van der Waals surface area contributed by atoms with Gasteiger partial charge in [0, 0.05) is 11.4 Å². The predicted octanol–water partition coefficient (Wildman–Crippen LogP) is 4.24. The van der Waals surface area contributed by atoms with Gasteiger partial charge in [-0.2, -0.15) is 18.3 Å². The molecule has 160 valence electrons. The first-order valence-electron chi connectivity index (χ1n) is 8.79. The zero-order chi connectivity index (χ0) is 21.9. The first kappa shape index (κ1) is 22.1. The number of rotatable bonds is 7. The highest BCUT2D eigenvalue weighted by atomic mass is 32.2. The summed E-state index contributed by atoms with van der Waals surface area (Å²) in [4.78, 5) is 8.34. The predicted molar refractivity (Wildman–Crippen MR) is 108 cm³/mol. The zero-order valence-electron chi connectivity index (χ0n) is 15.9. The third kappa shape index (κ3) is 5.11. The Morgan fingerprint density at radius 1 is 1.20 bits per heavy atom. The molecule has 0 fully saturated rings. The number of benzene rings is 1. The topological polar surface area (TPSA) is 97.5 Å². The number of nitrogens with zero attached hydrogens (tertiary/aromatic N) is 3. The van der Waals surface area contributed by atoms with Crippen molar-refractivity contribution in [2.24, 2.45) is 5.10 Å². The molecule has 7 nitrogen and oxygen atoms in total. The molecule has 0 unspecified atom stereocenters. The second-order valence-corrected chi connectivity index (χ2v) is 9.34. The van der Waals surface area contributed by atoms with Crippen LogP contribution in [0, 0.1) is 0 Å². The van der Waals surface area contributed by atoms with Gasteiger partial charge in [0.05, 0.1) is 22.6 Å². The molecule has 30 heavy (non-hydrogen) atoms. The van der Waals surface area contributed by atoms with Crippen LogP contribution in [0.4, 0.5) is 13.2 Å². The minimum Gasteiger partial charge on any atom is -0.435 e. The molecule has 0 saturated carbocycles. The number of thioether (sulfide) groups is 1. The molecule has 1 N–H and O–H groups in total. The van der Waals surface area contributed by atoms with E-state index in [0.29, 0.717) is 12.2 Å². The fourth-order valence-electron chi connectivity index (χ4n) is 2.50. The molecule has 2 heterocycles. The molecule has 2 aromatic heterocycles. The van der Waals surface area contributed by atoms with E-state index in [1.807, 2.05) is 6.92 Å². The van der Waals surface area contributed by atoms with E-state index in [0.717, 1.165) is 0 Å².